The van der Waals surface area contributed by atoms with Crippen LogP contribution in [0.3, 0.4) is 0 Å². The Morgan fingerprint density at radius 1 is 1.35 bits per heavy atom. The average Bonchev–Trinajstić information content (AvgIpc) is 2.89. The number of pyridine rings is 1. The number of aromatic carboxylic acids is 1. The molecule has 0 aromatic carbocycles. The molecule has 0 unspecified atom stereocenters. The summed E-state index contributed by atoms with van der Waals surface area (Å²) >= 11 is 0. The van der Waals surface area contributed by atoms with Gasteiger partial charge in [-0.15, -0.1) is 10.2 Å². The molecule has 3 heterocycles. The molecule has 2 aromatic rings. The normalized spacial score (nSPS) is 16.6. The fourth-order valence-electron chi connectivity index (χ4n) is 2.38. The molecule has 1 N–H and O–H groups in total. The lowest BCUT2D eigenvalue weighted by atomic mass is 10.2. The number of nitrogens with zero attached hydrogens (tertiary/aromatic N) is 4. The molecule has 0 radical (unpaired) electrons. The van der Waals surface area contributed by atoms with Crippen molar-refractivity contribution in [2.45, 2.75) is 6.42 Å². The quantitative estimate of drug-likeness (QED) is 0.865. The minimum atomic E-state index is -0.984. The fraction of sp³-hybridized carbons (Fsp3) is 0.462. The second kappa shape index (κ2) is 5.56. The molecule has 7 heteroatoms. The van der Waals surface area contributed by atoms with Gasteiger partial charge in [-0.05, 0) is 12.1 Å². The first-order valence-electron chi connectivity index (χ1n) is 6.62. The third-order valence-corrected chi connectivity index (χ3v) is 3.49. The number of ether oxygens (including phenoxy) is 1. The lowest BCUT2D eigenvalue weighted by molar-refractivity contribution is 0.0382. The third kappa shape index (κ3) is 2.50. The van der Waals surface area contributed by atoms with Gasteiger partial charge in [0.25, 0.3) is 0 Å². The molecule has 7 nitrogen and oxygen atoms in total. The molecule has 20 heavy (non-hydrogen) atoms. The second-order valence-electron chi connectivity index (χ2n) is 4.74. The summed E-state index contributed by atoms with van der Waals surface area (Å²) in [5, 5.41) is 17.2. The maximum atomic E-state index is 11.1. The standard InChI is InChI=1S/C13H16N4O3/c18-13(19)10-2-1-4-17-11(14-15-12(10)17)3-5-16-6-8-20-9-7-16/h1-2,4H,3,5-9H2,(H,18,19). The molecular weight excluding hydrogens is 260 g/mol. The highest BCUT2D eigenvalue weighted by molar-refractivity contribution is 5.94. The summed E-state index contributed by atoms with van der Waals surface area (Å²) in [7, 11) is 0. The van der Waals surface area contributed by atoms with Crippen LogP contribution < -0.4 is 0 Å². The molecular formula is C13H16N4O3. The van der Waals surface area contributed by atoms with Crippen LogP contribution in [0.1, 0.15) is 16.2 Å². The van der Waals surface area contributed by atoms with Crippen LogP contribution in [0.25, 0.3) is 5.65 Å². The highest BCUT2D eigenvalue weighted by Crippen LogP contribution is 2.11. The Kier molecular flexibility index (Phi) is 3.62. The van der Waals surface area contributed by atoms with Gasteiger partial charge in [0.05, 0.1) is 13.2 Å². The monoisotopic (exact) mass is 276 g/mol. The van der Waals surface area contributed by atoms with Crippen LogP contribution in [0.4, 0.5) is 0 Å². The molecule has 1 saturated heterocycles. The maximum absolute atomic E-state index is 11.1. The first kappa shape index (κ1) is 13.0. The van der Waals surface area contributed by atoms with Crippen molar-refractivity contribution >= 4 is 11.6 Å². The predicted molar refractivity (Wildman–Crippen MR) is 70.9 cm³/mol. The van der Waals surface area contributed by atoms with Gasteiger partial charge in [-0.25, -0.2) is 4.79 Å². The number of fused-ring (bicyclic) bond motifs is 1. The van der Waals surface area contributed by atoms with Crippen molar-refractivity contribution in [3.8, 4) is 0 Å². The number of carboxylic acid groups (broad SMARTS) is 1. The topological polar surface area (TPSA) is 80.0 Å². The van der Waals surface area contributed by atoms with Crippen molar-refractivity contribution < 1.29 is 14.6 Å². The molecule has 0 atom stereocenters. The van der Waals surface area contributed by atoms with E-state index in [-0.39, 0.29) is 5.56 Å². The number of morpholine rings is 1. The predicted octanol–water partition coefficient (Wildman–Crippen LogP) is 0.302. The Morgan fingerprint density at radius 3 is 2.90 bits per heavy atom. The molecule has 1 fully saturated rings. The van der Waals surface area contributed by atoms with E-state index in [0.717, 1.165) is 45.1 Å². The maximum Gasteiger partial charge on any atom is 0.339 e. The summed E-state index contributed by atoms with van der Waals surface area (Å²) in [6, 6.07) is 3.25. The van der Waals surface area contributed by atoms with Gasteiger partial charge < -0.3 is 9.84 Å². The first-order chi connectivity index (χ1) is 9.75. The molecule has 0 bridgehead atoms. The van der Waals surface area contributed by atoms with E-state index in [1.165, 1.54) is 6.07 Å². The van der Waals surface area contributed by atoms with Crippen LogP contribution in [0.2, 0.25) is 0 Å². The van der Waals surface area contributed by atoms with E-state index < -0.39 is 5.97 Å². The number of hydrogen-bond donors (Lipinski definition) is 1. The van der Waals surface area contributed by atoms with Crippen LogP contribution in [0.5, 0.6) is 0 Å². The van der Waals surface area contributed by atoms with Crippen molar-refractivity contribution in [1.29, 1.82) is 0 Å². The Bertz CT molecular complexity index is 619. The van der Waals surface area contributed by atoms with E-state index in [9.17, 15) is 4.79 Å². The Hall–Kier alpha value is -1.99. The fourth-order valence-corrected chi connectivity index (χ4v) is 2.38. The lowest BCUT2D eigenvalue weighted by Gasteiger charge is -2.26. The zero-order chi connectivity index (χ0) is 13.9. The minimum Gasteiger partial charge on any atom is -0.478 e. The van der Waals surface area contributed by atoms with Crippen LogP contribution in [0.15, 0.2) is 18.3 Å². The minimum absolute atomic E-state index is 0.178. The van der Waals surface area contributed by atoms with Gasteiger partial charge in [0.1, 0.15) is 11.4 Å². The molecule has 106 valence electrons. The Morgan fingerprint density at radius 2 is 2.15 bits per heavy atom. The number of hydrogen-bond acceptors (Lipinski definition) is 5. The van der Waals surface area contributed by atoms with Crippen LogP contribution in [-0.4, -0.2) is 63.4 Å². The zero-order valence-corrected chi connectivity index (χ0v) is 11.0. The summed E-state index contributed by atoms with van der Waals surface area (Å²) in [5.41, 5.74) is 0.578. The number of carboxylic acids is 1. The molecule has 2 aromatic heterocycles. The molecule has 0 aliphatic carbocycles. The van der Waals surface area contributed by atoms with Gasteiger partial charge in [0.15, 0.2) is 5.65 Å². The van der Waals surface area contributed by atoms with E-state index in [1.54, 1.807) is 16.7 Å². The van der Waals surface area contributed by atoms with Crippen molar-refractivity contribution in [2.24, 2.45) is 0 Å². The van der Waals surface area contributed by atoms with Gasteiger partial charge in [-0.3, -0.25) is 9.30 Å². The van der Waals surface area contributed by atoms with Gasteiger partial charge in [-0.2, -0.15) is 0 Å². The van der Waals surface area contributed by atoms with Gasteiger partial charge >= 0.3 is 5.97 Å². The van der Waals surface area contributed by atoms with Crippen LogP contribution >= 0.6 is 0 Å². The average molecular weight is 276 g/mol. The van der Waals surface area contributed by atoms with Crippen molar-refractivity contribution in [3.63, 3.8) is 0 Å². The van der Waals surface area contributed by atoms with Crippen LogP contribution in [0, 0.1) is 0 Å². The smallest absolute Gasteiger partial charge is 0.339 e. The highest BCUT2D eigenvalue weighted by atomic mass is 16.5. The number of aromatic nitrogens is 3. The van der Waals surface area contributed by atoms with Crippen molar-refractivity contribution in [3.05, 3.63) is 29.7 Å². The summed E-state index contributed by atoms with van der Waals surface area (Å²) in [6.45, 7) is 4.27. The summed E-state index contributed by atoms with van der Waals surface area (Å²) in [6.07, 6.45) is 2.54. The summed E-state index contributed by atoms with van der Waals surface area (Å²) in [4.78, 5) is 13.4. The van der Waals surface area contributed by atoms with E-state index in [4.69, 9.17) is 9.84 Å². The third-order valence-electron chi connectivity index (χ3n) is 3.49. The molecule has 3 rings (SSSR count). The zero-order valence-electron chi connectivity index (χ0n) is 11.0. The lowest BCUT2D eigenvalue weighted by Crippen LogP contribution is -2.37. The molecule has 0 spiro atoms. The highest BCUT2D eigenvalue weighted by Gasteiger charge is 2.15. The van der Waals surface area contributed by atoms with Gasteiger partial charge in [0, 0.05) is 32.3 Å². The van der Waals surface area contributed by atoms with E-state index in [1.807, 2.05) is 0 Å². The molecule has 1 aliphatic rings. The van der Waals surface area contributed by atoms with E-state index in [0.29, 0.717) is 5.65 Å². The molecule has 1 aliphatic heterocycles. The Labute approximate surface area is 115 Å². The van der Waals surface area contributed by atoms with Crippen LogP contribution in [-0.2, 0) is 11.2 Å². The second-order valence-corrected chi connectivity index (χ2v) is 4.74. The van der Waals surface area contributed by atoms with Crippen molar-refractivity contribution in [1.82, 2.24) is 19.5 Å². The van der Waals surface area contributed by atoms with Gasteiger partial charge in [-0.1, -0.05) is 0 Å². The summed E-state index contributed by atoms with van der Waals surface area (Å²) in [5.74, 6) is -0.197. The number of carbonyl (C=O) groups is 1. The Balaban J connectivity index is 1.78. The SMILES string of the molecule is O=C(O)c1cccn2c(CCN3CCOCC3)nnc12. The molecule has 0 amide bonds. The largest absolute Gasteiger partial charge is 0.478 e. The first-order valence-corrected chi connectivity index (χ1v) is 6.62. The van der Waals surface area contributed by atoms with Crippen molar-refractivity contribution in [2.75, 3.05) is 32.8 Å². The van der Waals surface area contributed by atoms with Gasteiger partial charge in [0.2, 0.25) is 0 Å². The summed E-state index contributed by atoms with van der Waals surface area (Å²) < 4.78 is 7.06. The van der Waals surface area contributed by atoms with E-state index in [2.05, 4.69) is 15.1 Å². The molecule has 0 saturated carbocycles. The van der Waals surface area contributed by atoms with E-state index >= 15 is 0 Å². The number of rotatable bonds is 4.